The Balaban J connectivity index is 1.45. The summed E-state index contributed by atoms with van der Waals surface area (Å²) in [5.74, 6) is -2.03. The molecule has 2 atom stereocenters. The zero-order chi connectivity index (χ0) is 24.1. The Kier molecular flexibility index (Phi) is 6.92. The first kappa shape index (κ1) is 23.0. The lowest BCUT2D eigenvalue weighted by Crippen LogP contribution is -2.46. The standard InChI is InChI=1S/C27H25NO6/c1-17(26(30)31)28-25(29)24(15-18-9-3-2-4-10-18)34-27(32)33-16-23-21-13-7-5-11-19(21)20-12-6-8-14-22(20)23/h2-14,17,23-24H,15-16H2,1H3,(H,28,29)(H,30,31)/t17?,24-/m0/s1. The van der Waals surface area contributed by atoms with E-state index in [4.69, 9.17) is 14.6 Å². The van der Waals surface area contributed by atoms with Gasteiger partial charge in [-0.25, -0.2) is 4.79 Å². The van der Waals surface area contributed by atoms with E-state index in [2.05, 4.69) is 5.32 Å². The van der Waals surface area contributed by atoms with Gasteiger partial charge in [-0.15, -0.1) is 0 Å². The molecule has 3 aromatic carbocycles. The van der Waals surface area contributed by atoms with E-state index in [0.717, 1.165) is 27.8 Å². The highest BCUT2D eigenvalue weighted by molar-refractivity contribution is 5.87. The third-order valence-electron chi connectivity index (χ3n) is 5.85. The van der Waals surface area contributed by atoms with Crippen LogP contribution < -0.4 is 5.32 Å². The summed E-state index contributed by atoms with van der Waals surface area (Å²) in [6.07, 6.45) is -2.13. The SMILES string of the molecule is CC(NC(=O)[C@H](Cc1ccccc1)OC(=O)OCC1c2ccccc2-c2ccccc21)C(=O)O. The van der Waals surface area contributed by atoms with E-state index in [1.165, 1.54) is 6.92 Å². The van der Waals surface area contributed by atoms with Crippen molar-refractivity contribution in [2.75, 3.05) is 6.61 Å². The third-order valence-corrected chi connectivity index (χ3v) is 5.85. The molecule has 1 aliphatic carbocycles. The Morgan fingerprint density at radius 1 is 0.882 bits per heavy atom. The number of hydrogen-bond donors (Lipinski definition) is 2. The number of amides is 1. The van der Waals surface area contributed by atoms with E-state index in [1.807, 2.05) is 54.6 Å². The van der Waals surface area contributed by atoms with Gasteiger partial charge in [-0.3, -0.25) is 9.59 Å². The Labute approximate surface area is 197 Å². The molecule has 0 radical (unpaired) electrons. The maximum atomic E-state index is 12.7. The monoisotopic (exact) mass is 459 g/mol. The molecule has 0 heterocycles. The number of benzene rings is 3. The van der Waals surface area contributed by atoms with Crippen LogP contribution in [0.5, 0.6) is 0 Å². The van der Waals surface area contributed by atoms with Crippen LogP contribution in [0.4, 0.5) is 4.79 Å². The summed E-state index contributed by atoms with van der Waals surface area (Å²) in [7, 11) is 0. The molecule has 1 aliphatic rings. The van der Waals surface area contributed by atoms with Crippen molar-refractivity contribution in [3.05, 3.63) is 95.6 Å². The average Bonchev–Trinajstić information content (AvgIpc) is 3.16. The van der Waals surface area contributed by atoms with Crippen LogP contribution in [0.15, 0.2) is 78.9 Å². The number of carboxylic acid groups (broad SMARTS) is 1. The normalized spacial score (nSPS) is 13.8. The Bertz CT molecular complexity index is 1150. The van der Waals surface area contributed by atoms with Gasteiger partial charge < -0.3 is 19.9 Å². The van der Waals surface area contributed by atoms with Crippen molar-refractivity contribution < 1.29 is 29.0 Å². The van der Waals surface area contributed by atoms with E-state index in [1.54, 1.807) is 24.3 Å². The number of carboxylic acids is 1. The Morgan fingerprint density at radius 3 is 2.03 bits per heavy atom. The number of carbonyl (C=O) groups excluding carboxylic acids is 2. The van der Waals surface area contributed by atoms with Crippen LogP contribution in [-0.2, 0) is 25.5 Å². The van der Waals surface area contributed by atoms with Gasteiger partial charge in [0.1, 0.15) is 12.6 Å². The van der Waals surface area contributed by atoms with Crippen molar-refractivity contribution in [1.82, 2.24) is 5.32 Å². The van der Waals surface area contributed by atoms with Crippen LogP contribution in [0, 0.1) is 0 Å². The molecule has 1 amide bonds. The quantitative estimate of drug-likeness (QED) is 0.491. The van der Waals surface area contributed by atoms with Crippen molar-refractivity contribution in [3.8, 4) is 11.1 Å². The second-order valence-electron chi connectivity index (χ2n) is 8.15. The molecule has 3 aromatic rings. The predicted octanol–water partition coefficient (Wildman–Crippen LogP) is 4.15. The first-order chi connectivity index (χ1) is 16.4. The molecular weight excluding hydrogens is 434 g/mol. The maximum absolute atomic E-state index is 12.7. The highest BCUT2D eigenvalue weighted by Crippen LogP contribution is 2.44. The minimum Gasteiger partial charge on any atom is -0.480 e. The van der Waals surface area contributed by atoms with E-state index in [-0.39, 0.29) is 18.9 Å². The van der Waals surface area contributed by atoms with Gasteiger partial charge >= 0.3 is 12.1 Å². The molecule has 174 valence electrons. The summed E-state index contributed by atoms with van der Waals surface area (Å²) in [5, 5.41) is 11.5. The second kappa shape index (κ2) is 10.2. The Hall–Kier alpha value is -4.13. The van der Waals surface area contributed by atoms with Gasteiger partial charge in [-0.1, -0.05) is 78.9 Å². The zero-order valence-electron chi connectivity index (χ0n) is 18.6. The van der Waals surface area contributed by atoms with Crippen molar-refractivity contribution in [3.63, 3.8) is 0 Å². The second-order valence-corrected chi connectivity index (χ2v) is 8.15. The van der Waals surface area contributed by atoms with Crippen LogP contribution >= 0.6 is 0 Å². The van der Waals surface area contributed by atoms with Gasteiger partial charge in [0.05, 0.1) is 0 Å². The molecule has 34 heavy (non-hydrogen) atoms. The molecule has 0 fully saturated rings. The van der Waals surface area contributed by atoms with Crippen LogP contribution in [0.25, 0.3) is 11.1 Å². The van der Waals surface area contributed by atoms with Crippen LogP contribution in [0.3, 0.4) is 0 Å². The largest absolute Gasteiger partial charge is 0.509 e. The number of hydrogen-bond acceptors (Lipinski definition) is 5. The molecule has 0 aliphatic heterocycles. The zero-order valence-corrected chi connectivity index (χ0v) is 18.6. The molecule has 2 N–H and O–H groups in total. The number of ether oxygens (including phenoxy) is 2. The minimum atomic E-state index is -1.24. The first-order valence-electron chi connectivity index (χ1n) is 11.0. The summed E-state index contributed by atoms with van der Waals surface area (Å²) >= 11 is 0. The topological polar surface area (TPSA) is 102 Å². The number of fused-ring (bicyclic) bond motifs is 3. The maximum Gasteiger partial charge on any atom is 0.509 e. The summed E-state index contributed by atoms with van der Waals surface area (Å²) in [4.78, 5) is 36.4. The lowest BCUT2D eigenvalue weighted by atomic mass is 9.98. The Morgan fingerprint density at radius 2 is 1.44 bits per heavy atom. The fourth-order valence-corrected chi connectivity index (χ4v) is 4.13. The van der Waals surface area contributed by atoms with E-state index in [0.29, 0.717) is 0 Å². The van der Waals surface area contributed by atoms with Gasteiger partial charge in [0, 0.05) is 12.3 Å². The van der Waals surface area contributed by atoms with Crippen LogP contribution in [0.1, 0.15) is 29.5 Å². The molecule has 0 bridgehead atoms. The number of aliphatic carboxylic acids is 1. The van der Waals surface area contributed by atoms with E-state index < -0.39 is 30.2 Å². The summed E-state index contributed by atoms with van der Waals surface area (Å²) in [6, 6.07) is 23.8. The highest BCUT2D eigenvalue weighted by atomic mass is 16.7. The highest BCUT2D eigenvalue weighted by Gasteiger charge is 2.31. The smallest absolute Gasteiger partial charge is 0.480 e. The third kappa shape index (κ3) is 5.09. The molecular formula is C27H25NO6. The molecule has 0 aromatic heterocycles. The van der Waals surface area contributed by atoms with Crippen molar-refractivity contribution >= 4 is 18.0 Å². The number of carbonyl (C=O) groups is 3. The van der Waals surface area contributed by atoms with Crippen LogP contribution in [0.2, 0.25) is 0 Å². The molecule has 4 rings (SSSR count). The van der Waals surface area contributed by atoms with Crippen molar-refractivity contribution in [2.45, 2.75) is 31.4 Å². The molecule has 7 nitrogen and oxygen atoms in total. The van der Waals surface area contributed by atoms with Gasteiger partial charge in [-0.2, -0.15) is 0 Å². The first-order valence-corrected chi connectivity index (χ1v) is 11.0. The van der Waals surface area contributed by atoms with Crippen molar-refractivity contribution in [1.29, 1.82) is 0 Å². The van der Waals surface area contributed by atoms with Crippen molar-refractivity contribution in [2.24, 2.45) is 0 Å². The van der Waals surface area contributed by atoms with E-state index >= 15 is 0 Å². The van der Waals surface area contributed by atoms with Gasteiger partial charge in [-0.05, 0) is 34.7 Å². The summed E-state index contributed by atoms with van der Waals surface area (Å²) < 4.78 is 10.8. The molecule has 0 spiro atoms. The predicted molar refractivity (Wildman–Crippen MR) is 125 cm³/mol. The lowest BCUT2D eigenvalue weighted by Gasteiger charge is -2.20. The number of nitrogens with one attached hydrogen (secondary N) is 1. The lowest BCUT2D eigenvalue weighted by molar-refractivity contribution is -0.143. The molecule has 0 saturated carbocycles. The number of rotatable bonds is 8. The van der Waals surface area contributed by atoms with E-state index in [9.17, 15) is 14.4 Å². The molecule has 7 heteroatoms. The average molecular weight is 459 g/mol. The fraction of sp³-hybridized carbons (Fsp3) is 0.222. The molecule has 0 saturated heterocycles. The van der Waals surface area contributed by atoms with Crippen LogP contribution in [-0.4, -0.2) is 41.9 Å². The molecule has 1 unspecified atom stereocenters. The minimum absolute atomic E-state index is 0.0536. The van der Waals surface area contributed by atoms with Gasteiger partial charge in [0.2, 0.25) is 0 Å². The summed E-state index contributed by atoms with van der Waals surface area (Å²) in [5.41, 5.74) is 5.08. The van der Waals surface area contributed by atoms with Gasteiger partial charge in [0.15, 0.2) is 6.10 Å². The fourth-order valence-electron chi connectivity index (χ4n) is 4.13. The summed E-state index contributed by atoms with van der Waals surface area (Å²) in [6.45, 7) is 1.39. The van der Waals surface area contributed by atoms with Gasteiger partial charge in [0.25, 0.3) is 5.91 Å².